The molecule has 0 radical (unpaired) electrons. The van der Waals surface area contributed by atoms with Gasteiger partial charge in [-0.05, 0) is 60.1 Å². The number of alkyl halides is 3. The van der Waals surface area contributed by atoms with Gasteiger partial charge >= 0.3 is 6.18 Å². The molecule has 0 nitrogen and oxygen atoms in total. The van der Waals surface area contributed by atoms with Gasteiger partial charge in [-0.3, -0.25) is 0 Å². The van der Waals surface area contributed by atoms with E-state index < -0.39 is 23.4 Å². The molecule has 0 aromatic heterocycles. The minimum atomic E-state index is -4.48. The van der Waals surface area contributed by atoms with Crippen LogP contribution in [0.5, 0.6) is 0 Å². The van der Waals surface area contributed by atoms with Crippen molar-refractivity contribution in [3.05, 3.63) is 59.2 Å². The van der Waals surface area contributed by atoms with E-state index in [-0.39, 0.29) is 11.1 Å². The van der Waals surface area contributed by atoms with E-state index in [2.05, 4.69) is 6.92 Å². The van der Waals surface area contributed by atoms with Crippen LogP contribution in [0.25, 0.3) is 11.1 Å². The van der Waals surface area contributed by atoms with Crippen molar-refractivity contribution >= 4 is 0 Å². The zero-order valence-electron chi connectivity index (χ0n) is 16.7. The van der Waals surface area contributed by atoms with Crippen molar-refractivity contribution in [2.45, 2.75) is 64.5 Å². The van der Waals surface area contributed by atoms with E-state index in [0.29, 0.717) is 17.9 Å². The van der Waals surface area contributed by atoms with Crippen molar-refractivity contribution in [2.75, 3.05) is 0 Å². The molecule has 0 unspecified atom stereocenters. The van der Waals surface area contributed by atoms with Gasteiger partial charge in [0.25, 0.3) is 0 Å². The zero-order chi connectivity index (χ0) is 21.0. The first-order chi connectivity index (χ1) is 13.8. The molecule has 2 aromatic rings. The molecule has 2 aromatic carbocycles. The SMILES string of the molecule is CCC1CCC(CCCc2cc(F)c(-c3ccc(C(F)(F)F)cc3)c(F)c2)CC1. The van der Waals surface area contributed by atoms with Crippen LogP contribution in [0.3, 0.4) is 0 Å². The van der Waals surface area contributed by atoms with Gasteiger partial charge in [-0.15, -0.1) is 0 Å². The standard InChI is InChI=1S/C24H27F5/c1-2-16-6-8-17(9-7-16)4-3-5-18-14-21(25)23(22(26)15-18)19-10-12-20(13-11-19)24(27,28)29/h10-17H,2-9H2,1H3. The Balaban J connectivity index is 1.62. The Morgan fingerprint density at radius 1 is 0.862 bits per heavy atom. The predicted molar refractivity (Wildman–Crippen MR) is 105 cm³/mol. The largest absolute Gasteiger partial charge is 0.416 e. The second kappa shape index (κ2) is 9.27. The fourth-order valence-electron chi connectivity index (χ4n) is 4.39. The van der Waals surface area contributed by atoms with Crippen molar-refractivity contribution in [3.8, 4) is 11.1 Å². The Bertz CT molecular complexity index is 776. The van der Waals surface area contributed by atoms with E-state index in [1.54, 1.807) is 0 Å². The molecular weight excluding hydrogens is 383 g/mol. The second-order valence-electron chi connectivity index (χ2n) is 8.20. The fourth-order valence-corrected chi connectivity index (χ4v) is 4.39. The van der Waals surface area contributed by atoms with Gasteiger partial charge in [0, 0.05) is 0 Å². The fraction of sp³-hybridized carbons (Fsp3) is 0.500. The minimum Gasteiger partial charge on any atom is -0.206 e. The number of benzene rings is 2. The van der Waals surface area contributed by atoms with Crippen LogP contribution in [0.15, 0.2) is 36.4 Å². The third-order valence-corrected chi connectivity index (χ3v) is 6.22. The third kappa shape index (κ3) is 5.58. The van der Waals surface area contributed by atoms with Crippen LogP contribution in [0, 0.1) is 23.5 Å². The molecule has 29 heavy (non-hydrogen) atoms. The summed E-state index contributed by atoms with van der Waals surface area (Å²) in [6.45, 7) is 2.24. The summed E-state index contributed by atoms with van der Waals surface area (Å²) in [7, 11) is 0. The molecule has 0 amide bonds. The highest BCUT2D eigenvalue weighted by Crippen LogP contribution is 2.35. The lowest BCUT2D eigenvalue weighted by molar-refractivity contribution is -0.137. The van der Waals surface area contributed by atoms with Crippen molar-refractivity contribution < 1.29 is 22.0 Å². The maximum absolute atomic E-state index is 14.5. The zero-order valence-corrected chi connectivity index (χ0v) is 16.7. The summed E-state index contributed by atoms with van der Waals surface area (Å²) in [5.74, 6) is 0.0949. The lowest BCUT2D eigenvalue weighted by Crippen LogP contribution is -2.14. The van der Waals surface area contributed by atoms with Gasteiger partial charge in [-0.2, -0.15) is 13.2 Å². The van der Waals surface area contributed by atoms with Crippen molar-refractivity contribution in [2.24, 2.45) is 11.8 Å². The van der Waals surface area contributed by atoms with Crippen molar-refractivity contribution in [1.29, 1.82) is 0 Å². The number of hydrogen-bond donors (Lipinski definition) is 0. The predicted octanol–water partition coefficient (Wildman–Crippen LogP) is 8.19. The number of hydrogen-bond acceptors (Lipinski definition) is 0. The Hall–Kier alpha value is -1.91. The van der Waals surface area contributed by atoms with Gasteiger partial charge in [-0.25, -0.2) is 8.78 Å². The maximum Gasteiger partial charge on any atom is 0.416 e. The summed E-state index contributed by atoms with van der Waals surface area (Å²) in [4.78, 5) is 0. The molecule has 158 valence electrons. The Labute approximate surface area is 169 Å². The normalized spacial score (nSPS) is 20.1. The van der Waals surface area contributed by atoms with Gasteiger partial charge in [0.05, 0.1) is 11.1 Å². The Morgan fingerprint density at radius 3 is 1.93 bits per heavy atom. The Morgan fingerprint density at radius 2 is 1.41 bits per heavy atom. The lowest BCUT2D eigenvalue weighted by atomic mass is 9.79. The minimum absolute atomic E-state index is 0.104. The molecular formula is C24H27F5. The third-order valence-electron chi connectivity index (χ3n) is 6.22. The van der Waals surface area contributed by atoms with Crippen molar-refractivity contribution in [1.82, 2.24) is 0 Å². The first-order valence-corrected chi connectivity index (χ1v) is 10.4. The monoisotopic (exact) mass is 410 g/mol. The topological polar surface area (TPSA) is 0 Å². The van der Waals surface area contributed by atoms with E-state index in [1.807, 2.05) is 0 Å². The quantitative estimate of drug-likeness (QED) is 0.421. The van der Waals surface area contributed by atoms with E-state index in [0.717, 1.165) is 43.0 Å². The van der Waals surface area contributed by atoms with Gasteiger partial charge in [0.15, 0.2) is 0 Å². The smallest absolute Gasteiger partial charge is 0.206 e. The van der Waals surface area contributed by atoms with E-state index in [4.69, 9.17) is 0 Å². The molecule has 1 aliphatic rings. The molecule has 1 aliphatic carbocycles. The first-order valence-electron chi connectivity index (χ1n) is 10.4. The average Bonchev–Trinajstić information content (AvgIpc) is 2.68. The summed E-state index contributed by atoms with van der Waals surface area (Å²) < 4.78 is 67.1. The number of halogens is 5. The molecule has 0 spiro atoms. The summed E-state index contributed by atoms with van der Waals surface area (Å²) in [6.07, 6.45) is 4.39. The van der Waals surface area contributed by atoms with Gasteiger partial charge in [0.2, 0.25) is 0 Å². The lowest BCUT2D eigenvalue weighted by Gasteiger charge is -2.27. The van der Waals surface area contributed by atoms with E-state index >= 15 is 0 Å². The van der Waals surface area contributed by atoms with Gasteiger partial charge in [0.1, 0.15) is 11.6 Å². The number of aryl methyl sites for hydroxylation is 1. The summed E-state index contributed by atoms with van der Waals surface area (Å²) in [5, 5.41) is 0. The summed E-state index contributed by atoms with van der Waals surface area (Å²) >= 11 is 0. The van der Waals surface area contributed by atoms with E-state index in [1.165, 1.54) is 44.2 Å². The first kappa shape index (κ1) is 21.8. The van der Waals surface area contributed by atoms with Crippen LogP contribution in [0.1, 0.15) is 63.0 Å². The molecule has 3 rings (SSSR count). The molecule has 0 heterocycles. The second-order valence-corrected chi connectivity index (χ2v) is 8.20. The number of rotatable bonds is 6. The van der Waals surface area contributed by atoms with Crippen LogP contribution < -0.4 is 0 Å². The molecule has 1 fully saturated rings. The summed E-state index contributed by atoms with van der Waals surface area (Å²) in [6, 6.07) is 6.52. The highest BCUT2D eigenvalue weighted by molar-refractivity contribution is 5.65. The molecule has 5 heteroatoms. The molecule has 0 N–H and O–H groups in total. The molecule has 1 saturated carbocycles. The summed E-state index contributed by atoms with van der Waals surface area (Å²) in [5.41, 5.74) is -0.419. The maximum atomic E-state index is 14.5. The van der Waals surface area contributed by atoms with Crippen LogP contribution in [0.2, 0.25) is 0 Å². The molecule has 0 bridgehead atoms. The Kier molecular flexibility index (Phi) is 6.97. The highest BCUT2D eigenvalue weighted by atomic mass is 19.4. The van der Waals surface area contributed by atoms with Gasteiger partial charge < -0.3 is 0 Å². The highest BCUT2D eigenvalue weighted by Gasteiger charge is 2.30. The average molecular weight is 410 g/mol. The van der Waals surface area contributed by atoms with Gasteiger partial charge in [-0.1, -0.05) is 57.6 Å². The molecule has 0 atom stereocenters. The van der Waals surface area contributed by atoms with E-state index in [9.17, 15) is 22.0 Å². The van der Waals surface area contributed by atoms with Crippen LogP contribution in [0.4, 0.5) is 22.0 Å². The van der Waals surface area contributed by atoms with Crippen molar-refractivity contribution in [3.63, 3.8) is 0 Å². The molecule has 0 aliphatic heterocycles. The van der Waals surface area contributed by atoms with Crippen LogP contribution in [-0.2, 0) is 12.6 Å². The van der Waals surface area contributed by atoms with Crippen LogP contribution >= 0.6 is 0 Å². The van der Waals surface area contributed by atoms with Crippen LogP contribution in [-0.4, -0.2) is 0 Å². The molecule has 0 saturated heterocycles.